The Bertz CT molecular complexity index is 623. The number of anilines is 1. The van der Waals surface area contributed by atoms with Gasteiger partial charge in [0.05, 0.1) is 27.4 Å². The molecule has 0 aromatic carbocycles. The molecule has 21 heavy (non-hydrogen) atoms. The minimum absolute atomic E-state index is 0.0768. The van der Waals surface area contributed by atoms with E-state index in [0.29, 0.717) is 0 Å². The Kier molecular flexibility index (Phi) is 5.24. The van der Waals surface area contributed by atoms with Crippen LogP contribution in [0.4, 0.5) is 15.5 Å². The maximum atomic E-state index is 11.5. The summed E-state index contributed by atoms with van der Waals surface area (Å²) in [6.07, 6.45) is 0. The lowest BCUT2D eigenvalue weighted by molar-refractivity contribution is 0.196. The number of urea groups is 1. The number of sulfonamides is 1. The standard InChI is InChI=1S/C9H12N4O7S/c1-18-5-4-6(19-2)11-7(10-5)12-8(14)13-21(16,17)9(15)20-3/h4H,1-3H3,(H2,10,11,12,13,14). The van der Waals surface area contributed by atoms with Gasteiger partial charge in [0.25, 0.3) is 0 Å². The second kappa shape index (κ2) is 6.69. The molecule has 1 heterocycles. The number of carbonyl (C=O) groups excluding carboxylic acids is 2. The van der Waals surface area contributed by atoms with Gasteiger partial charge in [-0.1, -0.05) is 0 Å². The van der Waals surface area contributed by atoms with Crippen LogP contribution in [0.3, 0.4) is 0 Å². The first kappa shape index (κ1) is 16.4. The highest BCUT2D eigenvalue weighted by Crippen LogP contribution is 2.17. The predicted molar refractivity (Wildman–Crippen MR) is 68.6 cm³/mol. The number of rotatable bonds is 3. The van der Waals surface area contributed by atoms with Gasteiger partial charge in [-0.05, 0) is 0 Å². The zero-order valence-corrected chi connectivity index (χ0v) is 12.1. The zero-order valence-electron chi connectivity index (χ0n) is 11.2. The molecule has 1 aromatic rings. The zero-order chi connectivity index (χ0) is 16.0. The molecule has 0 unspecified atom stereocenters. The van der Waals surface area contributed by atoms with Crippen LogP contribution in [0.25, 0.3) is 0 Å². The summed E-state index contributed by atoms with van der Waals surface area (Å²) in [4.78, 5) is 29.9. The van der Waals surface area contributed by atoms with Gasteiger partial charge in [0, 0.05) is 0 Å². The van der Waals surface area contributed by atoms with Crippen molar-refractivity contribution in [3.8, 4) is 11.8 Å². The van der Waals surface area contributed by atoms with Gasteiger partial charge < -0.3 is 14.2 Å². The summed E-state index contributed by atoms with van der Waals surface area (Å²) < 4.78 is 37.6. The monoisotopic (exact) mass is 320 g/mol. The molecule has 0 spiro atoms. The third-order valence-corrected chi connectivity index (χ3v) is 3.00. The van der Waals surface area contributed by atoms with Crippen LogP contribution < -0.4 is 19.5 Å². The SMILES string of the molecule is COC(=O)S(=O)(=O)NC(=O)Nc1nc(OC)cc(OC)n1. The smallest absolute Gasteiger partial charge is 0.444 e. The fourth-order valence-corrected chi connectivity index (χ4v) is 1.67. The fraction of sp³-hybridized carbons (Fsp3) is 0.333. The van der Waals surface area contributed by atoms with E-state index in [1.165, 1.54) is 25.0 Å². The van der Waals surface area contributed by atoms with Crippen LogP contribution in [0.15, 0.2) is 6.07 Å². The van der Waals surface area contributed by atoms with Gasteiger partial charge in [-0.25, -0.2) is 14.3 Å². The Morgan fingerprint density at radius 2 is 1.62 bits per heavy atom. The predicted octanol–water partition coefficient (Wildman–Crippen LogP) is -0.289. The molecule has 116 valence electrons. The highest BCUT2D eigenvalue weighted by atomic mass is 32.2. The van der Waals surface area contributed by atoms with E-state index in [1.54, 1.807) is 0 Å². The van der Waals surface area contributed by atoms with Crippen molar-refractivity contribution in [3.63, 3.8) is 0 Å². The van der Waals surface area contributed by atoms with Crippen LogP contribution in [0.5, 0.6) is 11.8 Å². The largest absolute Gasteiger partial charge is 0.481 e. The molecule has 11 nitrogen and oxygen atoms in total. The molecule has 12 heteroatoms. The van der Waals surface area contributed by atoms with Crippen LogP contribution in [-0.2, 0) is 14.8 Å². The minimum atomic E-state index is -4.60. The average Bonchev–Trinajstić information content (AvgIpc) is 2.44. The highest BCUT2D eigenvalue weighted by Gasteiger charge is 2.25. The Morgan fingerprint density at radius 3 is 2.05 bits per heavy atom. The number of amides is 2. The van der Waals surface area contributed by atoms with E-state index in [2.05, 4.69) is 14.7 Å². The molecule has 2 amide bonds. The molecular weight excluding hydrogens is 308 g/mol. The van der Waals surface area contributed by atoms with E-state index in [-0.39, 0.29) is 17.7 Å². The van der Waals surface area contributed by atoms with Gasteiger partial charge >= 0.3 is 21.4 Å². The lowest BCUT2D eigenvalue weighted by Crippen LogP contribution is -2.38. The molecule has 0 aliphatic rings. The molecule has 1 rings (SSSR count). The second-order valence-corrected chi connectivity index (χ2v) is 4.83. The normalized spacial score (nSPS) is 10.4. The first-order valence-corrected chi connectivity index (χ1v) is 6.69. The molecule has 0 saturated carbocycles. The number of methoxy groups -OCH3 is 3. The molecule has 0 atom stereocenters. The van der Waals surface area contributed by atoms with Gasteiger partial charge in [0.15, 0.2) is 0 Å². The lowest BCUT2D eigenvalue weighted by atomic mass is 10.6. The van der Waals surface area contributed by atoms with Crippen LogP contribution >= 0.6 is 0 Å². The molecule has 0 aliphatic heterocycles. The summed E-state index contributed by atoms with van der Waals surface area (Å²) >= 11 is 0. The van der Waals surface area contributed by atoms with Crippen LogP contribution in [0.1, 0.15) is 0 Å². The summed E-state index contributed by atoms with van der Waals surface area (Å²) in [7, 11) is -1.09. The number of hydrogen-bond acceptors (Lipinski definition) is 9. The summed E-state index contributed by atoms with van der Waals surface area (Å²) in [5, 5.41) is 0.398. The quantitative estimate of drug-likeness (QED) is 0.717. The fourth-order valence-electron chi connectivity index (χ4n) is 1.07. The third kappa shape index (κ3) is 4.45. The van der Waals surface area contributed by atoms with E-state index >= 15 is 0 Å². The summed E-state index contributed by atoms with van der Waals surface area (Å²) in [5.41, 5.74) is 0. The number of carbonyl (C=O) groups is 2. The number of hydrogen-bond donors (Lipinski definition) is 2. The van der Waals surface area contributed by atoms with E-state index < -0.39 is 21.4 Å². The molecule has 0 bridgehead atoms. The van der Waals surface area contributed by atoms with E-state index in [0.717, 1.165) is 7.11 Å². The number of ether oxygens (including phenoxy) is 3. The van der Waals surface area contributed by atoms with Gasteiger partial charge in [-0.2, -0.15) is 18.4 Å². The van der Waals surface area contributed by atoms with Crippen molar-refractivity contribution in [1.82, 2.24) is 14.7 Å². The first-order chi connectivity index (χ1) is 9.82. The van der Waals surface area contributed by atoms with Gasteiger partial charge in [0.2, 0.25) is 17.7 Å². The topological polar surface area (TPSA) is 146 Å². The Balaban J connectivity index is 2.86. The number of nitrogens with one attached hydrogen (secondary N) is 2. The summed E-state index contributed by atoms with van der Waals surface area (Å²) in [5.74, 6) is -0.135. The minimum Gasteiger partial charge on any atom is -0.481 e. The van der Waals surface area contributed by atoms with Crippen molar-refractivity contribution in [2.24, 2.45) is 0 Å². The molecule has 2 N–H and O–H groups in total. The Morgan fingerprint density at radius 1 is 1.10 bits per heavy atom. The molecule has 1 aromatic heterocycles. The number of nitrogens with zero attached hydrogens (tertiary/aromatic N) is 2. The summed E-state index contributed by atoms with van der Waals surface area (Å²) in [6, 6.07) is 0.0876. The van der Waals surface area contributed by atoms with E-state index in [4.69, 9.17) is 9.47 Å². The molecule has 0 radical (unpaired) electrons. The first-order valence-electron chi connectivity index (χ1n) is 5.21. The molecule has 0 saturated heterocycles. The van der Waals surface area contributed by atoms with Gasteiger partial charge in [-0.15, -0.1) is 0 Å². The Hall–Kier alpha value is -2.63. The average molecular weight is 320 g/mol. The van der Waals surface area contributed by atoms with Gasteiger partial charge in [-0.3, -0.25) is 5.32 Å². The summed E-state index contributed by atoms with van der Waals surface area (Å²) in [6.45, 7) is 0. The lowest BCUT2D eigenvalue weighted by Gasteiger charge is -2.08. The van der Waals surface area contributed by atoms with Crippen LogP contribution in [-0.4, -0.2) is 51.0 Å². The second-order valence-electron chi connectivity index (χ2n) is 3.29. The molecule has 0 fully saturated rings. The van der Waals surface area contributed by atoms with Crippen LogP contribution in [0.2, 0.25) is 0 Å². The van der Waals surface area contributed by atoms with Crippen molar-refractivity contribution in [2.75, 3.05) is 26.6 Å². The van der Waals surface area contributed by atoms with Gasteiger partial charge in [0.1, 0.15) is 0 Å². The molecule has 0 aliphatic carbocycles. The third-order valence-electron chi connectivity index (χ3n) is 1.94. The van der Waals surface area contributed by atoms with Crippen molar-refractivity contribution in [2.45, 2.75) is 0 Å². The molecular formula is C9H12N4O7S. The van der Waals surface area contributed by atoms with E-state index in [1.807, 2.05) is 5.32 Å². The van der Waals surface area contributed by atoms with Crippen LogP contribution in [0, 0.1) is 0 Å². The maximum Gasteiger partial charge on any atom is 0.444 e. The van der Waals surface area contributed by atoms with Crippen molar-refractivity contribution >= 4 is 27.3 Å². The Labute approximate surface area is 119 Å². The van der Waals surface area contributed by atoms with Crippen molar-refractivity contribution in [3.05, 3.63) is 6.07 Å². The maximum absolute atomic E-state index is 11.5. The van der Waals surface area contributed by atoms with E-state index in [9.17, 15) is 18.0 Å². The van der Waals surface area contributed by atoms with Crippen molar-refractivity contribution < 1.29 is 32.2 Å². The number of aromatic nitrogens is 2. The van der Waals surface area contributed by atoms with Crippen molar-refractivity contribution in [1.29, 1.82) is 0 Å². The highest BCUT2D eigenvalue weighted by molar-refractivity contribution is 8.04.